The lowest BCUT2D eigenvalue weighted by Crippen LogP contribution is -1.93. The Kier molecular flexibility index (Phi) is 2.79. The first-order chi connectivity index (χ1) is 7.16. The zero-order valence-electron chi connectivity index (χ0n) is 7.88. The maximum atomic E-state index is 5.99. The summed E-state index contributed by atoms with van der Waals surface area (Å²) >= 11 is 12.0. The minimum absolute atomic E-state index is 0.478. The molecule has 0 aliphatic rings. The van der Waals surface area contributed by atoms with Gasteiger partial charge in [-0.2, -0.15) is 0 Å². The van der Waals surface area contributed by atoms with E-state index >= 15 is 0 Å². The average Bonchev–Trinajstić information content (AvgIpc) is 2.66. The maximum Gasteiger partial charge on any atom is 0.246 e. The van der Waals surface area contributed by atoms with Crippen LogP contribution in [0.2, 0.25) is 10.0 Å². The van der Waals surface area contributed by atoms with Gasteiger partial charge in [0.2, 0.25) is 5.95 Å². The van der Waals surface area contributed by atoms with Crippen LogP contribution in [-0.4, -0.2) is 15.2 Å². The predicted molar refractivity (Wildman–Crippen MR) is 60.9 cm³/mol. The Hall–Kier alpha value is -1.26. The molecule has 2 rings (SSSR count). The van der Waals surface area contributed by atoms with Crippen LogP contribution in [0.25, 0.3) is 0 Å². The van der Waals surface area contributed by atoms with Gasteiger partial charge in [-0.3, -0.25) is 5.10 Å². The van der Waals surface area contributed by atoms with Gasteiger partial charge in [0.15, 0.2) is 0 Å². The third-order valence-electron chi connectivity index (χ3n) is 1.95. The molecule has 0 unspecified atom stereocenters. The molecule has 4 nitrogen and oxygen atoms in total. The number of aromatic amines is 1. The summed E-state index contributed by atoms with van der Waals surface area (Å²) in [4.78, 5) is 3.93. The van der Waals surface area contributed by atoms with Crippen molar-refractivity contribution in [1.82, 2.24) is 15.2 Å². The number of H-pyrrole nitrogens is 1. The zero-order valence-corrected chi connectivity index (χ0v) is 9.39. The Morgan fingerprint density at radius 1 is 1.27 bits per heavy atom. The van der Waals surface area contributed by atoms with Gasteiger partial charge in [0.1, 0.15) is 6.33 Å². The topological polar surface area (TPSA) is 53.6 Å². The number of halogens is 2. The van der Waals surface area contributed by atoms with Gasteiger partial charge < -0.3 is 5.32 Å². The molecule has 0 atom stereocenters. The third kappa shape index (κ3) is 2.22. The van der Waals surface area contributed by atoms with Crippen molar-refractivity contribution in [3.05, 3.63) is 34.1 Å². The minimum atomic E-state index is 0.478. The quantitative estimate of drug-likeness (QED) is 0.851. The molecule has 1 heterocycles. The molecule has 2 N–H and O–H groups in total. The van der Waals surface area contributed by atoms with Crippen LogP contribution in [0.5, 0.6) is 0 Å². The minimum Gasteiger partial charge on any atom is -0.323 e. The maximum absolute atomic E-state index is 5.99. The molecule has 0 radical (unpaired) electrons. The van der Waals surface area contributed by atoms with E-state index in [0.717, 1.165) is 11.3 Å². The lowest BCUT2D eigenvalue weighted by molar-refractivity contribution is 1.09. The molecule has 15 heavy (non-hydrogen) atoms. The van der Waals surface area contributed by atoms with Crippen molar-refractivity contribution in [2.45, 2.75) is 6.92 Å². The van der Waals surface area contributed by atoms with Gasteiger partial charge >= 0.3 is 0 Å². The monoisotopic (exact) mass is 242 g/mol. The SMILES string of the molecule is Cc1c(Cl)cc(Nc2nc[nH]n2)cc1Cl. The van der Waals surface area contributed by atoms with Crippen LogP contribution in [0.3, 0.4) is 0 Å². The Morgan fingerprint density at radius 2 is 1.93 bits per heavy atom. The van der Waals surface area contributed by atoms with Crippen molar-refractivity contribution >= 4 is 34.8 Å². The molecule has 1 aromatic heterocycles. The highest BCUT2D eigenvalue weighted by atomic mass is 35.5. The molecular formula is C9H8Cl2N4. The van der Waals surface area contributed by atoms with E-state index in [4.69, 9.17) is 23.2 Å². The van der Waals surface area contributed by atoms with Crippen molar-refractivity contribution in [1.29, 1.82) is 0 Å². The van der Waals surface area contributed by atoms with E-state index in [0.29, 0.717) is 16.0 Å². The first kappa shape index (κ1) is 10.3. The smallest absolute Gasteiger partial charge is 0.246 e. The van der Waals surface area contributed by atoms with Crippen molar-refractivity contribution in [3.63, 3.8) is 0 Å². The molecule has 1 aromatic carbocycles. The zero-order chi connectivity index (χ0) is 10.8. The lowest BCUT2D eigenvalue weighted by atomic mass is 10.2. The number of rotatable bonds is 2. The molecule has 0 amide bonds. The number of aromatic nitrogens is 3. The first-order valence-electron chi connectivity index (χ1n) is 4.25. The standard InChI is InChI=1S/C9H8Cl2N4/c1-5-7(10)2-6(3-8(5)11)14-9-12-4-13-15-9/h2-4H,1H3,(H2,12,13,14,15). The van der Waals surface area contributed by atoms with E-state index < -0.39 is 0 Å². The van der Waals surface area contributed by atoms with Crippen molar-refractivity contribution in [2.75, 3.05) is 5.32 Å². The highest BCUT2D eigenvalue weighted by Crippen LogP contribution is 2.28. The lowest BCUT2D eigenvalue weighted by Gasteiger charge is -2.06. The second-order valence-electron chi connectivity index (χ2n) is 3.01. The van der Waals surface area contributed by atoms with Crippen LogP contribution < -0.4 is 5.32 Å². The highest BCUT2D eigenvalue weighted by Gasteiger charge is 2.05. The summed E-state index contributed by atoms with van der Waals surface area (Å²) in [6, 6.07) is 3.55. The van der Waals surface area contributed by atoms with Crippen molar-refractivity contribution < 1.29 is 0 Å². The van der Waals surface area contributed by atoms with Gasteiger partial charge in [-0.25, -0.2) is 4.98 Å². The molecule has 0 spiro atoms. The summed E-state index contributed by atoms with van der Waals surface area (Å²) in [7, 11) is 0. The van der Waals surface area contributed by atoms with Crippen LogP contribution in [0.1, 0.15) is 5.56 Å². The summed E-state index contributed by atoms with van der Waals surface area (Å²) < 4.78 is 0. The summed E-state index contributed by atoms with van der Waals surface area (Å²) in [6.07, 6.45) is 1.49. The van der Waals surface area contributed by atoms with Crippen LogP contribution in [-0.2, 0) is 0 Å². The fraction of sp³-hybridized carbons (Fsp3) is 0.111. The van der Waals surface area contributed by atoms with Crippen LogP contribution >= 0.6 is 23.2 Å². The van der Waals surface area contributed by atoms with Gasteiger partial charge in [0, 0.05) is 15.7 Å². The fourth-order valence-corrected chi connectivity index (χ4v) is 1.60. The molecule has 0 aliphatic heterocycles. The molecule has 0 bridgehead atoms. The van der Waals surface area contributed by atoms with Crippen LogP contribution in [0.15, 0.2) is 18.5 Å². The number of nitrogens with zero attached hydrogens (tertiary/aromatic N) is 2. The molecule has 0 saturated carbocycles. The molecule has 0 aliphatic carbocycles. The van der Waals surface area contributed by atoms with Gasteiger partial charge in [-0.15, -0.1) is 5.10 Å². The number of nitrogens with one attached hydrogen (secondary N) is 2. The van der Waals surface area contributed by atoms with Crippen molar-refractivity contribution in [3.8, 4) is 0 Å². The second kappa shape index (κ2) is 4.08. The largest absolute Gasteiger partial charge is 0.323 e. The molecule has 78 valence electrons. The number of anilines is 2. The fourth-order valence-electron chi connectivity index (χ4n) is 1.12. The molecule has 0 fully saturated rings. The van der Waals surface area contributed by atoms with E-state index in [1.165, 1.54) is 6.33 Å². The number of hydrogen-bond donors (Lipinski definition) is 2. The molecule has 0 saturated heterocycles. The normalized spacial score (nSPS) is 10.3. The third-order valence-corrected chi connectivity index (χ3v) is 2.74. The molecule has 6 heteroatoms. The predicted octanol–water partition coefficient (Wildman–Crippen LogP) is 3.16. The Bertz CT molecular complexity index is 444. The van der Waals surface area contributed by atoms with E-state index in [9.17, 15) is 0 Å². The summed E-state index contributed by atoms with van der Waals surface area (Å²) in [6.45, 7) is 1.86. The first-order valence-corrected chi connectivity index (χ1v) is 5.01. The number of benzene rings is 1. The van der Waals surface area contributed by atoms with E-state index in [-0.39, 0.29) is 0 Å². The van der Waals surface area contributed by atoms with E-state index in [1.807, 2.05) is 6.92 Å². The van der Waals surface area contributed by atoms with Gasteiger partial charge in [-0.05, 0) is 24.6 Å². The van der Waals surface area contributed by atoms with Gasteiger partial charge in [0.25, 0.3) is 0 Å². The number of hydrogen-bond acceptors (Lipinski definition) is 3. The average molecular weight is 243 g/mol. The second-order valence-corrected chi connectivity index (χ2v) is 3.83. The Morgan fingerprint density at radius 3 is 2.47 bits per heavy atom. The summed E-state index contributed by atoms with van der Waals surface area (Å²) in [5, 5.41) is 10.7. The van der Waals surface area contributed by atoms with Crippen molar-refractivity contribution in [2.24, 2.45) is 0 Å². The van der Waals surface area contributed by atoms with Gasteiger partial charge in [0.05, 0.1) is 0 Å². The van der Waals surface area contributed by atoms with E-state index in [2.05, 4.69) is 20.5 Å². The molecule has 2 aromatic rings. The molecular weight excluding hydrogens is 235 g/mol. The summed E-state index contributed by atoms with van der Waals surface area (Å²) in [5.41, 5.74) is 1.62. The Labute approximate surface area is 96.6 Å². The van der Waals surface area contributed by atoms with Gasteiger partial charge in [-0.1, -0.05) is 23.2 Å². The van der Waals surface area contributed by atoms with Crippen LogP contribution in [0, 0.1) is 6.92 Å². The van der Waals surface area contributed by atoms with E-state index in [1.54, 1.807) is 12.1 Å². The Balaban J connectivity index is 2.30. The highest BCUT2D eigenvalue weighted by molar-refractivity contribution is 6.36. The summed E-state index contributed by atoms with van der Waals surface area (Å²) in [5.74, 6) is 0.478. The van der Waals surface area contributed by atoms with Crippen LogP contribution in [0.4, 0.5) is 11.6 Å².